The van der Waals surface area contributed by atoms with Gasteiger partial charge in [0, 0.05) is 10.5 Å². The largest absolute Gasteiger partial charge is 0.449 e. The van der Waals surface area contributed by atoms with Gasteiger partial charge in [-0.3, -0.25) is 0 Å². The molecule has 0 aliphatic rings. The highest BCUT2D eigenvalue weighted by Crippen LogP contribution is 2.27. The van der Waals surface area contributed by atoms with E-state index in [1.165, 1.54) is 6.08 Å². The van der Waals surface area contributed by atoms with Crippen LogP contribution in [0.2, 0.25) is 0 Å². The zero-order valence-electron chi connectivity index (χ0n) is 13.5. The number of halogens is 1. The zero-order valence-corrected chi connectivity index (χ0v) is 15.1. The maximum absolute atomic E-state index is 12.3. The molecule has 0 radical (unpaired) electrons. The SMILES string of the molecule is O=C(/C=C\c1ccccc1)O[C@@H](c1ccccc1)c1ccc(Br)cc1. The summed E-state index contributed by atoms with van der Waals surface area (Å²) in [7, 11) is 0. The van der Waals surface area contributed by atoms with Crippen molar-refractivity contribution < 1.29 is 9.53 Å². The molecule has 124 valence electrons. The normalized spacial score (nSPS) is 12.0. The summed E-state index contributed by atoms with van der Waals surface area (Å²) in [5, 5.41) is 0. The summed E-state index contributed by atoms with van der Waals surface area (Å²) >= 11 is 3.43. The number of rotatable bonds is 5. The molecule has 0 fully saturated rings. The van der Waals surface area contributed by atoms with Crippen molar-refractivity contribution in [3.05, 3.63) is 112 Å². The highest BCUT2D eigenvalue weighted by Gasteiger charge is 2.17. The summed E-state index contributed by atoms with van der Waals surface area (Å²) in [6.07, 6.45) is 2.78. The van der Waals surface area contributed by atoms with Gasteiger partial charge in [0.25, 0.3) is 0 Å². The van der Waals surface area contributed by atoms with E-state index < -0.39 is 6.10 Å². The number of hydrogen-bond donors (Lipinski definition) is 0. The number of ether oxygens (including phenoxy) is 1. The van der Waals surface area contributed by atoms with Crippen LogP contribution in [-0.2, 0) is 9.53 Å². The Kier molecular flexibility index (Phi) is 5.81. The number of esters is 1. The highest BCUT2D eigenvalue weighted by molar-refractivity contribution is 9.10. The molecule has 0 N–H and O–H groups in total. The first-order chi connectivity index (χ1) is 12.2. The third-order valence-electron chi connectivity index (χ3n) is 3.72. The first kappa shape index (κ1) is 17.2. The second-order valence-electron chi connectivity index (χ2n) is 5.52. The van der Waals surface area contributed by atoms with Crippen LogP contribution in [-0.4, -0.2) is 5.97 Å². The van der Waals surface area contributed by atoms with Crippen LogP contribution in [0.1, 0.15) is 22.8 Å². The zero-order chi connectivity index (χ0) is 17.5. The molecule has 0 bridgehead atoms. The number of hydrogen-bond acceptors (Lipinski definition) is 2. The Morgan fingerprint density at radius 1 is 0.800 bits per heavy atom. The van der Waals surface area contributed by atoms with Crippen LogP contribution in [0.15, 0.2) is 95.5 Å². The minimum absolute atomic E-state index is 0.374. The average Bonchev–Trinajstić information content (AvgIpc) is 2.67. The van der Waals surface area contributed by atoms with Crippen molar-refractivity contribution in [2.75, 3.05) is 0 Å². The Morgan fingerprint density at radius 2 is 1.36 bits per heavy atom. The Morgan fingerprint density at radius 3 is 2.00 bits per heavy atom. The van der Waals surface area contributed by atoms with E-state index in [0.717, 1.165) is 21.2 Å². The van der Waals surface area contributed by atoms with Crippen LogP contribution in [0.4, 0.5) is 0 Å². The van der Waals surface area contributed by atoms with E-state index in [2.05, 4.69) is 15.9 Å². The van der Waals surface area contributed by atoms with Crippen molar-refractivity contribution in [2.45, 2.75) is 6.10 Å². The minimum atomic E-state index is -0.442. The van der Waals surface area contributed by atoms with Gasteiger partial charge in [-0.05, 0) is 34.9 Å². The van der Waals surface area contributed by atoms with Crippen LogP contribution in [0, 0.1) is 0 Å². The first-order valence-corrected chi connectivity index (χ1v) is 8.76. The molecule has 25 heavy (non-hydrogen) atoms. The van der Waals surface area contributed by atoms with E-state index in [1.807, 2.05) is 84.9 Å². The van der Waals surface area contributed by atoms with Gasteiger partial charge in [-0.15, -0.1) is 0 Å². The second-order valence-corrected chi connectivity index (χ2v) is 6.44. The third-order valence-corrected chi connectivity index (χ3v) is 4.25. The smallest absolute Gasteiger partial charge is 0.331 e. The number of benzene rings is 3. The molecular weight excluding hydrogens is 376 g/mol. The molecule has 0 spiro atoms. The van der Waals surface area contributed by atoms with Crippen molar-refractivity contribution in [1.29, 1.82) is 0 Å². The second kappa shape index (κ2) is 8.45. The Hall–Kier alpha value is -2.65. The molecule has 0 saturated heterocycles. The quantitative estimate of drug-likeness (QED) is 0.405. The van der Waals surface area contributed by atoms with Crippen LogP contribution in [0.3, 0.4) is 0 Å². The lowest BCUT2D eigenvalue weighted by atomic mass is 10.0. The predicted octanol–water partition coefficient (Wildman–Crippen LogP) is 5.80. The lowest BCUT2D eigenvalue weighted by Gasteiger charge is -2.18. The maximum Gasteiger partial charge on any atom is 0.331 e. The van der Waals surface area contributed by atoms with Gasteiger partial charge in [0.05, 0.1) is 0 Å². The Labute approximate surface area is 155 Å². The van der Waals surface area contributed by atoms with Crippen molar-refractivity contribution in [2.24, 2.45) is 0 Å². The summed E-state index contributed by atoms with van der Waals surface area (Å²) in [6, 6.07) is 27.2. The van der Waals surface area contributed by atoms with E-state index >= 15 is 0 Å². The molecule has 0 unspecified atom stereocenters. The van der Waals surface area contributed by atoms with E-state index in [0.29, 0.717) is 0 Å². The number of carbonyl (C=O) groups is 1. The average molecular weight is 393 g/mol. The molecule has 0 amide bonds. The Bertz CT molecular complexity index is 840. The van der Waals surface area contributed by atoms with Gasteiger partial charge in [-0.1, -0.05) is 88.7 Å². The molecule has 3 aromatic carbocycles. The van der Waals surface area contributed by atoms with Crippen LogP contribution in [0.25, 0.3) is 6.08 Å². The van der Waals surface area contributed by atoms with Crippen LogP contribution < -0.4 is 0 Å². The van der Waals surface area contributed by atoms with Gasteiger partial charge >= 0.3 is 5.97 Å². The molecular formula is C22H17BrO2. The monoisotopic (exact) mass is 392 g/mol. The molecule has 0 aromatic heterocycles. The molecule has 2 nitrogen and oxygen atoms in total. The standard InChI is InChI=1S/C22H17BrO2/c23-20-14-12-19(13-15-20)22(18-9-5-2-6-10-18)25-21(24)16-11-17-7-3-1-4-8-17/h1-16,22H/b16-11-/t22-/m0/s1. The first-order valence-electron chi connectivity index (χ1n) is 7.96. The molecule has 0 heterocycles. The maximum atomic E-state index is 12.3. The van der Waals surface area contributed by atoms with Gasteiger partial charge in [0.15, 0.2) is 6.10 Å². The third kappa shape index (κ3) is 4.91. The van der Waals surface area contributed by atoms with E-state index in [-0.39, 0.29) is 5.97 Å². The Balaban J connectivity index is 1.81. The van der Waals surface area contributed by atoms with Crippen molar-refractivity contribution in [3.8, 4) is 0 Å². The summed E-state index contributed by atoms with van der Waals surface area (Å²) in [5.74, 6) is -0.374. The van der Waals surface area contributed by atoms with Gasteiger partial charge in [-0.2, -0.15) is 0 Å². The highest BCUT2D eigenvalue weighted by atomic mass is 79.9. The summed E-state index contributed by atoms with van der Waals surface area (Å²) < 4.78 is 6.73. The predicted molar refractivity (Wildman–Crippen MR) is 104 cm³/mol. The fourth-order valence-corrected chi connectivity index (χ4v) is 2.74. The van der Waals surface area contributed by atoms with Crippen molar-refractivity contribution in [1.82, 2.24) is 0 Å². The summed E-state index contributed by atoms with van der Waals surface area (Å²) in [5.41, 5.74) is 2.82. The van der Waals surface area contributed by atoms with Crippen molar-refractivity contribution in [3.63, 3.8) is 0 Å². The fourth-order valence-electron chi connectivity index (χ4n) is 2.48. The summed E-state index contributed by atoms with van der Waals surface area (Å²) in [6.45, 7) is 0. The van der Waals surface area contributed by atoms with E-state index in [4.69, 9.17) is 4.74 Å². The molecule has 1 atom stereocenters. The fraction of sp³-hybridized carbons (Fsp3) is 0.0455. The van der Waals surface area contributed by atoms with Crippen LogP contribution >= 0.6 is 15.9 Å². The molecule has 3 rings (SSSR count). The molecule has 0 aliphatic heterocycles. The number of carbonyl (C=O) groups excluding carboxylic acids is 1. The van der Waals surface area contributed by atoms with Crippen molar-refractivity contribution >= 4 is 28.0 Å². The molecule has 0 aliphatic carbocycles. The van der Waals surface area contributed by atoms with E-state index in [1.54, 1.807) is 6.08 Å². The van der Waals surface area contributed by atoms with Gasteiger partial charge in [0.1, 0.15) is 0 Å². The van der Waals surface area contributed by atoms with Gasteiger partial charge < -0.3 is 4.74 Å². The lowest BCUT2D eigenvalue weighted by Crippen LogP contribution is -2.10. The topological polar surface area (TPSA) is 26.3 Å². The molecule has 3 aromatic rings. The molecule has 3 heteroatoms. The molecule has 0 saturated carbocycles. The summed E-state index contributed by atoms with van der Waals surface area (Å²) in [4.78, 5) is 12.3. The van der Waals surface area contributed by atoms with Gasteiger partial charge in [0.2, 0.25) is 0 Å². The lowest BCUT2D eigenvalue weighted by molar-refractivity contribution is -0.141. The van der Waals surface area contributed by atoms with Crippen LogP contribution in [0.5, 0.6) is 0 Å². The minimum Gasteiger partial charge on any atom is -0.449 e. The van der Waals surface area contributed by atoms with E-state index in [9.17, 15) is 4.79 Å². The van der Waals surface area contributed by atoms with Gasteiger partial charge in [-0.25, -0.2) is 4.79 Å².